The van der Waals surface area contributed by atoms with Crippen LogP contribution in [0.2, 0.25) is 0 Å². The molecular formula is C83H82N8O4+4. The van der Waals surface area contributed by atoms with Crippen LogP contribution in [0.5, 0.6) is 0 Å². The van der Waals surface area contributed by atoms with Crippen LogP contribution < -0.4 is 18.3 Å². The number of pyridine rings is 8. The molecule has 0 aliphatic rings. The zero-order valence-electron chi connectivity index (χ0n) is 76.3. The Morgan fingerprint density at radius 3 is 1.21 bits per heavy atom. The Bertz CT molecular complexity index is 6660. The first-order valence-corrected chi connectivity index (χ1v) is 30.6. The van der Waals surface area contributed by atoms with E-state index in [1.54, 1.807) is 183 Å². The smallest absolute Gasteiger partial charge is 0.227 e. The minimum absolute atomic E-state index is 0.173. The molecule has 12 heteroatoms. The van der Waals surface area contributed by atoms with Gasteiger partial charge in [-0.1, -0.05) is 44.1 Å². The monoisotopic (exact) mass is 1280 g/mol. The van der Waals surface area contributed by atoms with E-state index in [4.69, 9.17) is 47.8 Å². The van der Waals surface area contributed by atoms with E-state index in [0.29, 0.717) is 111 Å². The lowest BCUT2D eigenvalue weighted by Crippen LogP contribution is -2.31. The van der Waals surface area contributed by atoms with Gasteiger partial charge in [0.1, 0.15) is 28.2 Å². The summed E-state index contributed by atoms with van der Waals surface area (Å²) in [6.45, 7) is -3.66. The lowest BCUT2D eigenvalue weighted by Gasteiger charge is -2.10. The second kappa shape index (κ2) is 25.0. The van der Waals surface area contributed by atoms with Crippen molar-refractivity contribution >= 4 is 88.3 Å². The highest BCUT2D eigenvalue weighted by Gasteiger charge is 2.28. The average molecular weight is 1280 g/mol. The molecule has 1 unspecified atom stereocenters. The number of rotatable bonds is 5. The topological polar surface area (TPSA) is 120 Å². The summed E-state index contributed by atoms with van der Waals surface area (Å²) in [5.41, 5.74) is 16.0. The maximum absolute atomic E-state index is 8.49. The molecule has 0 saturated heterocycles. The van der Waals surface area contributed by atoms with Crippen molar-refractivity contribution in [3.63, 3.8) is 0 Å². The third-order valence-electron chi connectivity index (χ3n) is 17.5. The quantitative estimate of drug-likeness (QED) is 0.156. The van der Waals surface area contributed by atoms with Gasteiger partial charge in [-0.2, -0.15) is 0 Å². The molecule has 95 heavy (non-hydrogen) atoms. The van der Waals surface area contributed by atoms with Crippen molar-refractivity contribution in [3.8, 4) is 45.0 Å². The minimum Gasteiger partial charge on any atom is -0.437 e. The van der Waals surface area contributed by atoms with Gasteiger partial charge in [-0.25, -0.2) is 38.2 Å². The summed E-state index contributed by atoms with van der Waals surface area (Å²) in [7, 11) is 7.20. The summed E-state index contributed by atoms with van der Waals surface area (Å²) in [5, 5.41) is 5.33. The first kappa shape index (κ1) is 41.8. The summed E-state index contributed by atoms with van der Waals surface area (Å²) >= 11 is 0. The van der Waals surface area contributed by atoms with Crippen LogP contribution in [0.4, 0.5) is 0 Å². The zero-order valence-corrected chi connectivity index (χ0v) is 54.3. The second-order valence-electron chi connectivity index (χ2n) is 24.1. The van der Waals surface area contributed by atoms with Gasteiger partial charge in [0.25, 0.3) is 0 Å². The molecule has 0 aliphatic carbocycles. The van der Waals surface area contributed by atoms with E-state index in [-0.39, 0.29) is 27.8 Å². The molecule has 0 radical (unpaired) electrons. The van der Waals surface area contributed by atoms with E-state index >= 15 is 0 Å². The lowest BCUT2D eigenvalue weighted by molar-refractivity contribution is -0.660. The maximum atomic E-state index is 8.49. The van der Waals surface area contributed by atoms with Crippen LogP contribution in [0.25, 0.3) is 133 Å². The molecule has 474 valence electrons. The number of aryl methyl sites for hydroxylation is 16. The third kappa shape index (κ3) is 11.3. The number of benzene rings is 4. The van der Waals surface area contributed by atoms with Gasteiger partial charge in [0.2, 0.25) is 45.6 Å². The van der Waals surface area contributed by atoms with Gasteiger partial charge in [0, 0.05) is 145 Å². The highest BCUT2D eigenvalue weighted by Crippen LogP contribution is 2.43. The van der Waals surface area contributed by atoms with Crippen molar-refractivity contribution in [2.24, 2.45) is 28.2 Å². The molecule has 12 aromatic heterocycles. The number of nitrogens with zero attached hydrogens (tertiary/aromatic N) is 8. The maximum Gasteiger partial charge on any atom is 0.227 e. The Kier molecular flexibility index (Phi) is 11.0. The van der Waals surface area contributed by atoms with Gasteiger partial charge in [-0.3, -0.25) is 0 Å². The van der Waals surface area contributed by atoms with Crippen molar-refractivity contribution in [2.75, 3.05) is 0 Å². The van der Waals surface area contributed by atoms with Crippen LogP contribution in [0.15, 0.2) is 183 Å². The van der Waals surface area contributed by atoms with Gasteiger partial charge >= 0.3 is 0 Å². The average Bonchev–Trinajstić information content (AvgIpc) is 1.61. The minimum atomic E-state index is -2.52. The van der Waals surface area contributed by atoms with Gasteiger partial charge in [0.05, 0.1) is 22.3 Å². The van der Waals surface area contributed by atoms with Crippen molar-refractivity contribution < 1.29 is 66.1 Å². The van der Waals surface area contributed by atoms with E-state index in [9.17, 15) is 0 Å². The van der Waals surface area contributed by atoms with Gasteiger partial charge in [0.15, 0.2) is 47.1 Å². The molecule has 12 nitrogen and oxygen atoms in total. The fourth-order valence-corrected chi connectivity index (χ4v) is 12.7. The standard InChI is InChI=1S/C22H23N2O.C21H21N2O.2C20H19N2O/c1-13(2)16-8-10-24(5)18(12-16)20-15(4)11-14(3)19-17-7-6-9-23-22(17)25-21(19)20;1-12-10-17(23(5)11-15(12)4)19-14(3)9-13(2)18-16-7-6-8-22-21(16)24-20(18)19;1-12-7-8-15-16-6-5-9-21-20(16)23-19(15)18(12)17-10-13(2)14(3)11-22(17)4;1-12-7-8-16(22(4)11-12)18-14(3)10-13(2)17-15-6-5-9-21-20(15)23-19(17)18/h6-13H,1-5H3;6-11H,1-5H3;2*5-11H,1-4H3/q4*+1/i1D3,3D3,13D;2D3,4D3;3D3;1D3,2D3. The highest BCUT2D eigenvalue weighted by molar-refractivity contribution is 6.13. The molecule has 0 fully saturated rings. The molecule has 0 aliphatic heterocycles. The number of hydrogen-bond acceptors (Lipinski definition) is 8. The van der Waals surface area contributed by atoms with E-state index in [1.165, 1.54) is 6.92 Å². The SMILES string of the molecule is [2H]C([2H])([2H])c1c[n+](C)c(-c2c(C)cc(C([2H])([2H])[2H])c3c2oc2ncccc23)cc1C.[2H]C([2H])([2H])c1c[n+](C)c(-c2c(C)ccc3c2oc2ncccc23)cc1C.[2H]C([2H])([2H])c1cc(C)c(-c2cc(C([2H])(C)C([2H])([2H])[2H])cc[n+]2C)c2oc3ncccc3c12.[2H]C([2H])([2H])c1ccc(-c2c(C)cc(C([2H])([2H])[2H])c3c2oc2ncccc23)[n+](C)c1. The molecule has 0 bridgehead atoms. The van der Waals surface area contributed by atoms with Crippen LogP contribution in [0.1, 0.15) is 122 Å². The molecule has 16 aromatic rings. The van der Waals surface area contributed by atoms with Crippen molar-refractivity contribution in [1.29, 1.82) is 0 Å². The summed E-state index contributed by atoms with van der Waals surface area (Å²) < 4.78 is 205. The summed E-state index contributed by atoms with van der Waals surface area (Å²) in [6.07, 6.45) is 13.0. The summed E-state index contributed by atoms with van der Waals surface area (Å²) in [5.74, 6) is -1.82. The fraction of sp³-hybridized carbons (Fsp3) is 0.229. The molecule has 12 heterocycles. The van der Waals surface area contributed by atoms with Crippen molar-refractivity contribution in [3.05, 3.63) is 237 Å². The van der Waals surface area contributed by atoms with Crippen LogP contribution in [0, 0.1) is 82.7 Å². The Balaban J connectivity index is 0.000000136. The van der Waals surface area contributed by atoms with E-state index in [0.717, 1.165) is 66.8 Å². The van der Waals surface area contributed by atoms with Crippen molar-refractivity contribution in [1.82, 2.24) is 19.9 Å². The van der Waals surface area contributed by atoms with Crippen LogP contribution in [-0.2, 0) is 28.2 Å². The largest absolute Gasteiger partial charge is 0.437 e. The Morgan fingerprint density at radius 1 is 0.358 bits per heavy atom. The Morgan fingerprint density at radius 2 is 0.768 bits per heavy atom. The first-order valence-electron chi connectivity index (χ1n) is 41.6. The van der Waals surface area contributed by atoms with Crippen LogP contribution >= 0.6 is 0 Å². The normalized spacial score (nSPS) is 16.5. The second-order valence-corrected chi connectivity index (χ2v) is 24.1. The predicted octanol–water partition coefficient (Wildman–Crippen LogP) is 18.7. The highest BCUT2D eigenvalue weighted by atomic mass is 16.4. The van der Waals surface area contributed by atoms with Crippen molar-refractivity contribution in [2.45, 2.75) is 102 Å². The van der Waals surface area contributed by atoms with Crippen LogP contribution in [0.3, 0.4) is 0 Å². The molecule has 0 spiro atoms. The number of fused-ring (bicyclic) bond motifs is 12. The van der Waals surface area contributed by atoms with E-state index < -0.39 is 53.9 Å². The van der Waals surface area contributed by atoms with E-state index in [2.05, 4.69) is 26.0 Å². The Labute approximate surface area is 585 Å². The zero-order chi connectivity index (χ0) is 85.4. The molecule has 0 amide bonds. The number of aromatic nitrogens is 8. The molecule has 4 aromatic carbocycles. The van der Waals surface area contributed by atoms with Crippen LogP contribution in [-0.4, -0.2) is 19.9 Å². The summed E-state index contributed by atoms with van der Waals surface area (Å²) in [4.78, 5) is 17.1. The molecule has 1 atom stereocenters. The molecule has 0 N–H and O–H groups in total. The first-order chi connectivity index (χ1) is 54.4. The number of furan rings is 4. The lowest BCUT2D eigenvalue weighted by atomic mass is 9.95. The fourth-order valence-electron chi connectivity index (χ4n) is 12.7. The third-order valence-corrected chi connectivity index (χ3v) is 17.5. The summed E-state index contributed by atoms with van der Waals surface area (Å²) in [6, 6.07) is 33.8. The molecule has 0 saturated carbocycles. The number of hydrogen-bond donors (Lipinski definition) is 0. The predicted molar refractivity (Wildman–Crippen MR) is 383 cm³/mol. The van der Waals surface area contributed by atoms with Gasteiger partial charge < -0.3 is 17.7 Å². The Hall–Kier alpha value is -10.7. The van der Waals surface area contributed by atoms with Gasteiger partial charge in [-0.15, -0.1) is 0 Å². The molecule has 16 rings (SSSR count). The van der Waals surface area contributed by atoms with Gasteiger partial charge in [-0.05, 0) is 199 Å². The van der Waals surface area contributed by atoms with E-state index in [1.807, 2.05) is 63.6 Å². The molecular weight excluding hydrogens is 1170 g/mol.